The SMILES string of the molecule is O=C1c2c(O)c(=O)cc(OCCC3CC3)n2CCN1Cc1ccc(F)cc1. The number of nitrogens with zero attached hydrogens (tertiary/aromatic N) is 2. The lowest BCUT2D eigenvalue weighted by atomic mass is 10.1. The summed E-state index contributed by atoms with van der Waals surface area (Å²) in [6.07, 6.45) is 3.36. The fourth-order valence-electron chi connectivity index (χ4n) is 3.34. The van der Waals surface area contributed by atoms with Crippen molar-refractivity contribution >= 4 is 5.91 Å². The quantitative estimate of drug-likeness (QED) is 0.846. The van der Waals surface area contributed by atoms with Crippen LogP contribution in [-0.2, 0) is 13.1 Å². The molecule has 1 saturated carbocycles. The average molecular weight is 372 g/mol. The monoisotopic (exact) mass is 372 g/mol. The maximum atomic E-state index is 13.1. The molecule has 2 heterocycles. The van der Waals surface area contributed by atoms with Gasteiger partial charge in [0.2, 0.25) is 5.43 Å². The molecule has 2 aliphatic rings. The molecule has 1 aromatic heterocycles. The molecule has 1 aromatic carbocycles. The van der Waals surface area contributed by atoms with Gasteiger partial charge in [0.05, 0.1) is 6.61 Å². The van der Waals surface area contributed by atoms with Gasteiger partial charge in [0.1, 0.15) is 5.82 Å². The molecule has 6 nitrogen and oxygen atoms in total. The molecule has 1 amide bonds. The van der Waals surface area contributed by atoms with Crippen molar-refractivity contribution in [3.05, 3.63) is 57.6 Å². The second kappa shape index (κ2) is 7.06. The molecule has 1 fully saturated rings. The predicted molar refractivity (Wildman–Crippen MR) is 96.3 cm³/mol. The summed E-state index contributed by atoms with van der Waals surface area (Å²) in [6.45, 7) is 1.58. The summed E-state index contributed by atoms with van der Waals surface area (Å²) in [4.78, 5) is 26.5. The number of carbonyl (C=O) groups is 1. The Labute approximate surface area is 155 Å². The Balaban J connectivity index is 1.57. The third kappa shape index (κ3) is 3.67. The minimum absolute atomic E-state index is 0.0442. The zero-order valence-corrected chi connectivity index (χ0v) is 14.9. The maximum absolute atomic E-state index is 13.1. The van der Waals surface area contributed by atoms with Crippen molar-refractivity contribution in [2.45, 2.75) is 32.4 Å². The Morgan fingerprint density at radius 2 is 1.89 bits per heavy atom. The second-order valence-corrected chi connectivity index (χ2v) is 7.13. The number of aromatic hydroxyl groups is 1. The van der Waals surface area contributed by atoms with E-state index in [2.05, 4.69) is 0 Å². The van der Waals surface area contributed by atoms with Crippen molar-refractivity contribution in [3.8, 4) is 11.6 Å². The smallest absolute Gasteiger partial charge is 0.274 e. The van der Waals surface area contributed by atoms with Crippen LogP contribution in [0.1, 0.15) is 35.3 Å². The van der Waals surface area contributed by atoms with Gasteiger partial charge in [0, 0.05) is 25.7 Å². The molecule has 1 N–H and O–H groups in total. The first-order valence-electron chi connectivity index (χ1n) is 9.16. The van der Waals surface area contributed by atoms with Crippen LogP contribution in [0.4, 0.5) is 4.39 Å². The number of ether oxygens (including phenoxy) is 1. The summed E-state index contributed by atoms with van der Waals surface area (Å²) < 4.78 is 20.4. The van der Waals surface area contributed by atoms with Crippen LogP contribution in [0.25, 0.3) is 0 Å². The minimum atomic E-state index is -0.625. The third-order valence-electron chi connectivity index (χ3n) is 5.09. The average Bonchev–Trinajstić information content (AvgIpc) is 3.47. The number of rotatable bonds is 6. The molecule has 7 heteroatoms. The second-order valence-electron chi connectivity index (χ2n) is 7.13. The van der Waals surface area contributed by atoms with Crippen molar-refractivity contribution in [1.82, 2.24) is 9.47 Å². The summed E-state index contributed by atoms with van der Waals surface area (Å²) in [5, 5.41) is 10.2. The van der Waals surface area contributed by atoms with Crippen molar-refractivity contribution in [3.63, 3.8) is 0 Å². The van der Waals surface area contributed by atoms with Crippen molar-refractivity contribution in [2.24, 2.45) is 5.92 Å². The Kier molecular flexibility index (Phi) is 4.59. The van der Waals surface area contributed by atoms with E-state index in [-0.39, 0.29) is 18.1 Å². The lowest BCUT2D eigenvalue weighted by molar-refractivity contribution is 0.0674. The number of fused-ring (bicyclic) bond motifs is 1. The van der Waals surface area contributed by atoms with E-state index in [4.69, 9.17) is 4.74 Å². The van der Waals surface area contributed by atoms with Gasteiger partial charge in [-0.15, -0.1) is 0 Å². The van der Waals surface area contributed by atoms with Crippen LogP contribution in [-0.4, -0.2) is 33.6 Å². The summed E-state index contributed by atoms with van der Waals surface area (Å²) in [5.41, 5.74) is 0.105. The number of hydrogen-bond donors (Lipinski definition) is 1. The highest BCUT2D eigenvalue weighted by Gasteiger charge is 2.31. The number of pyridine rings is 1. The molecule has 27 heavy (non-hydrogen) atoms. The predicted octanol–water partition coefficient (Wildman–Crippen LogP) is 2.53. The van der Waals surface area contributed by atoms with Gasteiger partial charge in [0.25, 0.3) is 5.91 Å². The summed E-state index contributed by atoms with van der Waals surface area (Å²) in [7, 11) is 0. The molecule has 4 rings (SSSR count). The van der Waals surface area contributed by atoms with Crippen LogP contribution in [0.2, 0.25) is 0 Å². The van der Waals surface area contributed by atoms with E-state index in [0.29, 0.717) is 31.5 Å². The number of carbonyl (C=O) groups excluding carboxylic acids is 1. The van der Waals surface area contributed by atoms with Gasteiger partial charge in [0.15, 0.2) is 17.3 Å². The molecule has 0 radical (unpaired) electrons. The molecule has 0 saturated heterocycles. The molecule has 0 unspecified atom stereocenters. The number of benzene rings is 1. The number of aromatic nitrogens is 1. The van der Waals surface area contributed by atoms with Gasteiger partial charge in [-0.1, -0.05) is 25.0 Å². The Morgan fingerprint density at radius 1 is 1.15 bits per heavy atom. The van der Waals surface area contributed by atoms with Crippen LogP contribution in [0.3, 0.4) is 0 Å². The van der Waals surface area contributed by atoms with Gasteiger partial charge >= 0.3 is 0 Å². The zero-order chi connectivity index (χ0) is 19.0. The number of hydrogen-bond acceptors (Lipinski definition) is 4. The van der Waals surface area contributed by atoms with Crippen LogP contribution < -0.4 is 10.2 Å². The van der Waals surface area contributed by atoms with Crippen LogP contribution in [0.15, 0.2) is 35.1 Å². The van der Waals surface area contributed by atoms with Gasteiger partial charge in [-0.05, 0) is 30.0 Å². The van der Waals surface area contributed by atoms with Gasteiger partial charge in [-0.2, -0.15) is 0 Å². The van der Waals surface area contributed by atoms with Crippen molar-refractivity contribution < 1.29 is 19.0 Å². The van der Waals surface area contributed by atoms with Gasteiger partial charge < -0.3 is 19.3 Å². The topological polar surface area (TPSA) is 71.8 Å². The number of halogens is 1. The fourth-order valence-corrected chi connectivity index (χ4v) is 3.34. The molecule has 0 atom stereocenters. The minimum Gasteiger partial charge on any atom is -0.503 e. The molecular weight excluding hydrogens is 351 g/mol. The van der Waals surface area contributed by atoms with Gasteiger partial charge in [-0.3, -0.25) is 9.59 Å². The Bertz CT molecular complexity index is 919. The van der Waals surface area contributed by atoms with E-state index in [1.165, 1.54) is 35.9 Å². The fraction of sp³-hybridized carbons (Fsp3) is 0.400. The highest BCUT2D eigenvalue weighted by Crippen LogP contribution is 2.32. The van der Waals surface area contributed by atoms with E-state index in [0.717, 1.165) is 12.0 Å². The third-order valence-corrected chi connectivity index (χ3v) is 5.09. The first kappa shape index (κ1) is 17.6. The van der Waals surface area contributed by atoms with Gasteiger partial charge in [-0.25, -0.2) is 4.39 Å². The molecular formula is C20H21FN2O4. The maximum Gasteiger partial charge on any atom is 0.274 e. The molecule has 0 spiro atoms. The van der Waals surface area contributed by atoms with Crippen LogP contribution >= 0.6 is 0 Å². The normalized spacial score (nSPS) is 16.3. The Morgan fingerprint density at radius 3 is 2.59 bits per heavy atom. The largest absolute Gasteiger partial charge is 0.503 e. The molecule has 1 aliphatic carbocycles. The summed E-state index contributed by atoms with van der Waals surface area (Å²) >= 11 is 0. The zero-order valence-electron chi connectivity index (χ0n) is 14.9. The number of amides is 1. The highest BCUT2D eigenvalue weighted by atomic mass is 19.1. The molecule has 2 aromatic rings. The van der Waals surface area contributed by atoms with E-state index in [9.17, 15) is 19.1 Å². The summed E-state index contributed by atoms with van der Waals surface area (Å²) in [5.74, 6) is -0.317. The molecule has 142 valence electrons. The first-order chi connectivity index (χ1) is 13.0. The first-order valence-corrected chi connectivity index (χ1v) is 9.16. The highest BCUT2D eigenvalue weighted by molar-refractivity contribution is 5.96. The lowest BCUT2D eigenvalue weighted by Crippen LogP contribution is -2.41. The molecule has 0 bridgehead atoms. The standard InChI is InChI=1S/C20H21FN2O4/c21-15-5-3-14(4-6-15)12-22-8-9-23-17(27-10-7-13-1-2-13)11-16(24)19(25)18(23)20(22)26/h3-6,11,13,25H,1-2,7-10,12H2. The lowest BCUT2D eigenvalue weighted by Gasteiger charge is -2.31. The Hall–Kier alpha value is -2.83. The molecule has 1 aliphatic heterocycles. The van der Waals surface area contributed by atoms with Crippen LogP contribution in [0, 0.1) is 11.7 Å². The van der Waals surface area contributed by atoms with E-state index in [1.54, 1.807) is 16.7 Å². The van der Waals surface area contributed by atoms with E-state index >= 15 is 0 Å². The van der Waals surface area contributed by atoms with Crippen LogP contribution in [0.5, 0.6) is 11.6 Å². The van der Waals surface area contributed by atoms with Crippen molar-refractivity contribution in [1.29, 1.82) is 0 Å². The van der Waals surface area contributed by atoms with E-state index in [1.807, 2.05) is 0 Å². The van der Waals surface area contributed by atoms with Crippen molar-refractivity contribution in [2.75, 3.05) is 13.2 Å². The summed E-state index contributed by atoms with van der Waals surface area (Å²) in [6, 6.07) is 7.15. The van der Waals surface area contributed by atoms with E-state index < -0.39 is 17.1 Å².